The van der Waals surface area contributed by atoms with E-state index >= 15 is 0 Å². The Kier molecular flexibility index (Phi) is 4.62. The Hall–Kier alpha value is -1.43. The largest absolute Gasteiger partial charge is 0.477 e. The summed E-state index contributed by atoms with van der Waals surface area (Å²) in [7, 11) is 0. The summed E-state index contributed by atoms with van der Waals surface area (Å²) in [6.45, 7) is 5.82. The predicted octanol–water partition coefficient (Wildman–Crippen LogP) is 1.46. The van der Waals surface area contributed by atoms with Crippen molar-refractivity contribution in [2.75, 3.05) is 6.54 Å². The van der Waals surface area contributed by atoms with E-state index in [0.29, 0.717) is 18.7 Å². The molecule has 0 radical (unpaired) electrons. The minimum atomic E-state index is -0.947. The molecule has 17 heavy (non-hydrogen) atoms. The summed E-state index contributed by atoms with van der Waals surface area (Å²) in [6.07, 6.45) is 0.567. The van der Waals surface area contributed by atoms with E-state index in [-0.39, 0.29) is 16.7 Å². The van der Waals surface area contributed by atoms with E-state index in [2.05, 4.69) is 10.3 Å². The smallest absolute Gasteiger partial charge is 0.347 e. The van der Waals surface area contributed by atoms with Gasteiger partial charge in [0.05, 0.1) is 10.7 Å². The lowest BCUT2D eigenvalue weighted by atomic mass is 10.2. The molecule has 94 valence electrons. The van der Waals surface area contributed by atoms with Crippen molar-refractivity contribution < 1.29 is 14.7 Å². The molecule has 0 aliphatic rings. The summed E-state index contributed by atoms with van der Waals surface area (Å²) in [5.74, 6) is -0.989. The first kappa shape index (κ1) is 13.6. The normalized spacial score (nSPS) is 10.6. The first-order valence-electron chi connectivity index (χ1n) is 5.39. The molecule has 6 heteroatoms. The summed E-state index contributed by atoms with van der Waals surface area (Å²) in [6, 6.07) is 0. The van der Waals surface area contributed by atoms with Crippen molar-refractivity contribution >= 4 is 23.2 Å². The van der Waals surface area contributed by atoms with Gasteiger partial charge in [-0.25, -0.2) is 9.78 Å². The average molecular weight is 256 g/mol. The van der Waals surface area contributed by atoms with Crippen LogP contribution >= 0.6 is 11.3 Å². The van der Waals surface area contributed by atoms with Gasteiger partial charge < -0.3 is 10.4 Å². The van der Waals surface area contributed by atoms with E-state index in [1.807, 2.05) is 13.8 Å². The first-order valence-corrected chi connectivity index (χ1v) is 6.20. The summed E-state index contributed by atoms with van der Waals surface area (Å²) in [5.41, 5.74) is 0.535. The zero-order chi connectivity index (χ0) is 13.0. The highest BCUT2D eigenvalue weighted by Gasteiger charge is 2.14. The summed E-state index contributed by atoms with van der Waals surface area (Å²) >= 11 is 1.17. The Balaban J connectivity index is 2.50. The number of nitrogens with zero attached hydrogens (tertiary/aromatic N) is 1. The van der Waals surface area contributed by atoms with Gasteiger partial charge in [-0.3, -0.25) is 4.79 Å². The molecule has 0 saturated carbocycles. The van der Waals surface area contributed by atoms with Crippen LogP contribution in [0, 0.1) is 12.8 Å². The third kappa shape index (κ3) is 3.81. The van der Waals surface area contributed by atoms with Crippen molar-refractivity contribution in [1.29, 1.82) is 0 Å². The molecule has 0 saturated heterocycles. The fraction of sp³-hybridized carbons (Fsp3) is 0.545. The fourth-order valence-corrected chi connectivity index (χ4v) is 2.16. The number of carboxylic acid groups (broad SMARTS) is 1. The van der Waals surface area contributed by atoms with Crippen LogP contribution in [0.5, 0.6) is 0 Å². The van der Waals surface area contributed by atoms with Crippen LogP contribution in [0.4, 0.5) is 0 Å². The van der Waals surface area contributed by atoms with Gasteiger partial charge in [0.15, 0.2) is 0 Å². The van der Waals surface area contributed by atoms with Gasteiger partial charge in [0.2, 0.25) is 5.91 Å². The number of carbonyl (C=O) groups excluding carboxylic acids is 1. The Morgan fingerprint density at radius 2 is 2.12 bits per heavy atom. The molecule has 0 aromatic carbocycles. The van der Waals surface area contributed by atoms with Gasteiger partial charge in [0, 0.05) is 18.9 Å². The molecular formula is C11H16N2O3S. The SMILES string of the molecule is Cc1nc(CCNC(=O)C(C)C)sc1C(=O)O. The van der Waals surface area contributed by atoms with E-state index < -0.39 is 5.97 Å². The highest BCUT2D eigenvalue weighted by atomic mass is 32.1. The number of thiazole rings is 1. The Morgan fingerprint density at radius 1 is 1.47 bits per heavy atom. The first-order chi connectivity index (χ1) is 7.91. The van der Waals surface area contributed by atoms with E-state index in [1.165, 1.54) is 11.3 Å². The molecule has 1 amide bonds. The molecule has 0 bridgehead atoms. The summed E-state index contributed by atoms with van der Waals surface area (Å²) < 4.78 is 0. The number of nitrogens with one attached hydrogen (secondary N) is 1. The fourth-order valence-electron chi connectivity index (χ4n) is 1.25. The van der Waals surface area contributed by atoms with E-state index in [0.717, 1.165) is 5.01 Å². The molecule has 1 rings (SSSR count). The second-order valence-corrected chi connectivity index (χ2v) is 5.11. The summed E-state index contributed by atoms with van der Waals surface area (Å²) in [4.78, 5) is 26.5. The molecule has 0 unspecified atom stereocenters. The zero-order valence-electron chi connectivity index (χ0n) is 10.1. The number of aromatic nitrogens is 1. The highest BCUT2D eigenvalue weighted by Crippen LogP contribution is 2.18. The number of carbonyl (C=O) groups is 2. The predicted molar refractivity (Wildman–Crippen MR) is 65.4 cm³/mol. The highest BCUT2D eigenvalue weighted by molar-refractivity contribution is 7.13. The molecule has 0 atom stereocenters. The molecule has 0 aliphatic carbocycles. The van der Waals surface area contributed by atoms with Crippen molar-refractivity contribution in [3.05, 3.63) is 15.6 Å². The van der Waals surface area contributed by atoms with Crippen molar-refractivity contribution in [3.8, 4) is 0 Å². The van der Waals surface area contributed by atoms with Crippen LogP contribution in [-0.2, 0) is 11.2 Å². The maximum absolute atomic E-state index is 11.3. The molecule has 5 nitrogen and oxygen atoms in total. The number of carboxylic acids is 1. The van der Waals surface area contributed by atoms with Crippen LogP contribution in [0.2, 0.25) is 0 Å². The maximum Gasteiger partial charge on any atom is 0.347 e. The number of aryl methyl sites for hydroxylation is 1. The second-order valence-electron chi connectivity index (χ2n) is 4.02. The van der Waals surface area contributed by atoms with Crippen molar-refractivity contribution in [2.24, 2.45) is 5.92 Å². The second kappa shape index (κ2) is 5.77. The Labute approximate surface area is 104 Å². The molecule has 0 fully saturated rings. The van der Waals surface area contributed by atoms with Gasteiger partial charge in [0.25, 0.3) is 0 Å². The van der Waals surface area contributed by atoms with Gasteiger partial charge in [-0.15, -0.1) is 11.3 Å². The number of aromatic carboxylic acids is 1. The monoisotopic (exact) mass is 256 g/mol. The average Bonchev–Trinajstić information content (AvgIpc) is 2.59. The van der Waals surface area contributed by atoms with Crippen LogP contribution in [0.1, 0.15) is 34.2 Å². The lowest BCUT2D eigenvalue weighted by molar-refractivity contribution is -0.123. The van der Waals surface area contributed by atoms with Gasteiger partial charge in [-0.1, -0.05) is 13.8 Å². The number of hydrogen-bond donors (Lipinski definition) is 2. The lowest BCUT2D eigenvalue weighted by Gasteiger charge is -2.05. The van der Waals surface area contributed by atoms with E-state index in [9.17, 15) is 9.59 Å². The molecule has 2 N–H and O–H groups in total. The Bertz CT molecular complexity index is 426. The van der Waals surface area contributed by atoms with Gasteiger partial charge >= 0.3 is 5.97 Å². The summed E-state index contributed by atoms with van der Waals surface area (Å²) in [5, 5.41) is 12.4. The molecular weight excluding hydrogens is 240 g/mol. The number of amides is 1. The molecule has 1 aromatic heterocycles. The number of rotatable bonds is 5. The third-order valence-corrected chi connectivity index (χ3v) is 3.40. The van der Waals surface area contributed by atoms with E-state index in [4.69, 9.17) is 5.11 Å². The van der Waals surface area contributed by atoms with Crippen molar-refractivity contribution in [1.82, 2.24) is 10.3 Å². The standard InChI is InChI=1S/C11H16N2O3S/c1-6(2)10(14)12-5-4-8-13-7(3)9(17-8)11(15)16/h6H,4-5H2,1-3H3,(H,12,14)(H,15,16). The van der Waals surface area contributed by atoms with Crippen LogP contribution in [-0.4, -0.2) is 28.5 Å². The van der Waals surface area contributed by atoms with Gasteiger partial charge in [-0.2, -0.15) is 0 Å². The number of hydrogen-bond acceptors (Lipinski definition) is 4. The van der Waals surface area contributed by atoms with Crippen LogP contribution < -0.4 is 5.32 Å². The third-order valence-electron chi connectivity index (χ3n) is 2.20. The quantitative estimate of drug-likeness (QED) is 0.836. The molecule has 0 spiro atoms. The maximum atomic E-state index is 11.3. The van der Waals surface area contributed by atoms with Crippen molar-refractivity contribution in [3.63, 3.8) is 0 Å². The van der Waals surface area contributed by atoms with Crippen LogP contribution in [0.15, 0.2) is 0 Å². The van der Waals surface area contributed by atoms with Gasteiger partial charge in [-0.05, 0) is 6.92 Å². The van der Waals surface area contributed by atoms with Crippen LogP contribution in [0.3, 0.4) is 0 Å². The molecule has 1 aromatic rings. The molecule has 1 heterocycles. The van der Waals surface area contributed by atoms with Crippen molar-refractivity contribution in [2.45, 2.75) is 27.2 Å². The topological polar surface area (TPSA) is 79.3 Å². The lowest BCUT2D eigenvalue weighted by Crippen LogP contribution is -2.29. The molecule has 0 aliphatic heterocycles. The minimum absolute atomic E-state index is 0.00302. The minimum Gasteiger partial charge on any atom is -0.477 e. The van der Waals surface area contributed by atoms with Gasteiger partial charge in [0.1, 0.15) is 4.88 Å². The Morgan fingerprint density at radius 3 is 2.59 bits per heavy atom. The zero-order valence-corrected chi connectivity index (χ0v) is 10.9. The van der Waals surface area contributed by atoms with Crippen LogP contribution in [0.25, 0.3) is 0 Å². The van der Waals surface area contributed by atoms with E-state index in [1.54, 1.807) is 6.92 Å².